The largest absolute Gasteiger partial charge is 0.466 e. The van der Waals surface area contributed by atoms with E-state index in [0.717, 1.165) is 0 Å². The van der Waals surface area contributed by atoms with Gasteiger partial charge in [0.1, 0.15) is 5.75 Å². The lowest BCUT2D eigenvalue weighted by atomic mass is 9.91. The number of hydrogen-bond acceptors (Lipinski definition) is 4. The van der Waals surface area contributed by atoms with Crippen LogP contribution in [0.25, 0.3) is 0 Å². The van der Waals surface area contributed by atoms with Crippen molar-refractivity contribution in [1.29, 1.82) is 0 Å². The third-order valence-electron chi connectivity index (χ3n) is 4.55. The Morgan fingerprint density at radius 1 is 1.15 bits per heavy atom. The number of halogens is 2. The molecular formula is C18H22F2N2O4. The summed E-state index contributed by atoms with van der Waals surface area (Å²) < 4.78 is 34.7. The second kappa shape index (κ2) is 7.31. The molecule has 8 heteroatoms. The van der Waals surface area contributed by atoms with Crippen LogP contribution in [0.2, 0.25) is 0 Å². The molecule has 1 aromatic carbocycles. The van der Waals surface area contributed by atoms with E-state index >= 15 is 0 Å². The summed E-state index contributed by atoms with van der Waals surface area (Å²) in [7, 11) is 4.42. The number of methoxy groups -OCH3 is 1. The molecule has 26 heavy (non-hydrogen) atoms. The molecule has 0 aliphatic carbocycles. The first kappa shape index (κ1) is 19.7. The van der Waals surface area contributed by atoms with Crippen molar-refractivity contribution in [3.8, 4) is 5.75 Å². The van der Waals surface area contributed by atoms with Gasteiger partial charge in [-0.15, -0.1) is 0 Å². The number of hydrogen-bond donors (Lipinski definition) is 0. The molecule has 1 atom stereocenters. The van der Waals surface area contributed by atoms with Crippen molar-refractivity contribution < 1.29 is 27.8 Å². The first-order valence-electron chi connectivity index (χ1n) is 7.95. The zero-order valence-electron chi connectivity index (χ0n) is 15.6. The molecule has 6 nitrogen and oxygen atoms in total. The van der Waals surface area contributed by atoms with Gasteiger partial charge in [-0.25, -0.2) is 9.59 Å². The Labute approximate surface area is 151 Å². The molecule has 0 spiro atoms. The number of alkyl halides is 2. The van der Waals surface area contributed by atoms with Gasteiger partial charge in [-0.2, -0.15) is 8.78 Å². The van der Waals surface area contributed by atoms with Gasteiger partial charge in [0, 0.05) is 19.8 Å². The number of carbonyl (C=O) groups is 2. The fraction of sp³-hybridized carbons (Fsp3) is 0.444. The van der Waals surface area contributed by atoms with Gasteiger partial charge < -0.3 is 19.3 Å². The molecular weight excluding hydrogens is 346 g/mol. The number of benzene rings is 1. The number of urea groups is 1. The maximum absolute atomic E-state index is 12.6. The van der Waals surface area contributed by atoms with E-state index in [2.05, 4.69) is 4.74 Å². The number of aryl methyl sites for hydroxylation is 2. The lowest BCUT2D eigenvalue weighted by molar-refractivity contribution is -0.137. The molecule has 0 unspecified atom stereocenters. The quantitative estimate of drug-likeness (QED) is 0.765. The minimum absolute atomic E-state index is 0.0889. The van der Waals surface area contributed by atoms with Crippen LogP contribution in [-0.4, -0.2) is 49.6 Å². The summed E-state index contributed by atoms with van der Waals surface area (Å²) in [5.41, 5.74) is 2.39. The second-order valence-corrected chi connectivity index (χ2v) is 6.21. The minimum atomic E-state index is -2.93. The number of nitrogens with zero attached hydrogens (tertiary/aromatic N) is 2. The van der Waals surface area contributed by atoms with E-state index in [1.807, 2.05) is 0 Å². The molecule has 0 radical (unpaired) electrons. The van der Waals surface area contributed by atoms with Crippen LogP contribution in [-0.2, 0) is 9.53 Å². The summed E-state index contributed by atoms with van der Waals surface area (Å²) in [6.45, 7) is 2.01. The number of carbonyl (C=O) groups excluding carboxylic acids is 2. The molecule has 2 amide bonds. The monoisotopic (exact) mass is 368 g/mol. The molecule has 0 saturated heterocycles. The van der Waals surface area contributed by atoms with Gasteiger partial charge in [-0.3, -0.25) is 0 Å². The Hall–Kier alpha value is -2.64. The van der Waals surface area contributed by atoms with Crippen LogP contribution < -0.4 is 4.74 Å². The highest BCUT2D eigenvalue weighted by atomic mass is 19.3. The number of rotatable bonds is 4. The highest BCUT2D eigenvalue weighted by Gasteiger charge is 2.39. The number of esters is 1. The first-order valence-corrected chi connectivity index (χ1v) is 7.95. The summed E-state index contributed by atoms with van der Waals surface area (Å²) in [6.07, 6.45) is 0. The van der Waals surface area contributed by atoms with E-state index in [0.29, 0.717) is 28.0 Å². The Kier molecular flexibility index (Phi) is 5.53. The Bertz CT molecular complexity index is 753. The van der Waals surface area contributed by atoms with E-state index in [1.54, 1.807) is 47.0 Å². The molecule has 1 aliphatic heterocycles. The molecule has 0 aromatic heterocycles. The van der Waals surface area contributed by atoms with Crippen LogP contribution in [0.4, 0.5) is 13.6 Å². The summed E-state index contributed by atoms with van der Waals surface area (Å²) >= 11 is 0. The summed E-state index contributed by atoms with van der Waals surface area (Å²) in [5.74, 6) is -0.465. The third kappa shape index (κ3) is 3.36. The first-order chi connectivity index (χ1) is 12.1. The predicted octanol–water partition coefficient (Wildman–Crippen LogP) is 3.39. The zero-order chi connectivity index (χ0) is 19.8. The fourth-order valence-corrected chi connectivity index (χ4v) is 3.24. The average molecular weight is 368 g/mol. The Morgan fingerprint density at radius 2 is 1.69 bits per heavy atom. The number of allylic oxidation sites excluding steroid dienone is 1. The highest BCUT2D eigenvalue weighted by molar-refractivity contribution is 5.94. The van der Waals surface area contributed by atoms with Crippen molar-refractivity contribution in [1.82, 2.24) is 9.80 Å². The van der Waals surface area contributed by atoms with Gasteiger partial charge in [-0.1, -0.05) is 0 Å². The summed E-state index contributed by atoms with van der Waals surface area (Å²) in [4.78, 5) is 27.7. The Morgan fingerprint density at radius 3 is 2.15 bits per heavy atom. The molecule has 1 aliphatic rings. The van der Waals surface area contributed by atoms with E-state index in [1.165, 1.54) is 16.9 Å². The molecule has 0 saturated carbocycles. The van der Waals surface area contributed by atoms with Gasteiger partial charge in [0.05, 0.1) is 18.7 Å². The van der Waals surface area contributed by atoms with Gasteiger partial charge in [0.2, 0.25) is 0 Å². The van der Waals surface area contributed by atoms with Crippen molar-refractivity contribution in [3.63, 3.8) is 0 Å². The topological polar surface area (TPSA) is 59.1 Å². The lowest BCUT2D eigenvalue weighted by Gasteiger charge is -2.39. The molecule has 0 fully saturated rings. The van der Waals surface area contributed by atoms with Crippen LogP contribution in [0.15, 0.2) is 23.4 Å². The summed E-state index contributed by atoms with van der Waals surface area (Å²) in [5, 5.41) is 0. The zero-order valence-corrected chi connectivity index (χ0v) is 15.6. The molecule has 0 bridgehead atoms. The molecule has 142 valence electrons. The van der Waals surface area contributed by atoms with Gasteiger partial charge in [-0.05, 0) is 49.6 Å². The van der Waals surface area contributed by atoms with Gasteiger partial charge in [0.25, 0.3) is 0 Å². The Balaban J connectivity index is 2.63. The minimum Gasteiger partial charge on any atom is -0.466 e. The fourth-order valence-electron chi connectivity index (χ4n) is 3.24. The van der Waals surface area contributed by atoms with E-state index < -0.39 is 18.6 Å². The van der Waals surface area contributed by atoms with Crippen LogP contribution >= 0.6 is 0 Å². The molecule has 0 N–H and O–H groups in total. The number of likely N-dealkylation sites (N-methyl/N-ethyl adjacent to an activating group) is 1. The van der Waals surface area contributed by atoms with Crippen LogP contribution in [0.1, 0.15) is 29.7 Å². The average Bonchev–Trinajstić information content (AvgIpc) is 2.58. The molecule has 1 heterocycles. The normalized spacial score (nSPS) is 17.9. The molecule has 2 rings (SSSR count). The predicted molar refractivity (Wildman–Crippen MR) is 90.9 cm³/mol. The van der Waals surface area contributed by atoms with Crippen LogP contribution in [0.3, 0.4) is 0 Å². The van der Waals surface area contributed by atoms with Crippen molar-refractivity contribution in [2.24, 2.45) is 0 Å². The maximum Gasteiger partial charge on any atom is 0.387 e. The van der Waals surface area contributed by atoms with Gasteiger partial charge >= 0.3 is 18.6 Å². The SMILES string of the molecule is COC(=O)C1=C(C)N(C)C(=O)N(C)[C@@H]1c1cc(C)c(OC(F)F)c(C)c1. The second-order valence-electron chi connectivity index (χ2n) is 6.21. The standard InChI is InChI=1S/C18H22F2N2O4/c1-9-7-12(8-10(2)15(9)26-17(19)20)14-13(16(23)25-6)11(3)21(4)18(24)22(14)5/h7-8,14,17H,1-6H3/t14-/m1/s1. The highest BCUT2D eigenvalue weighted by Crippen LogP contribution is 2.38. The smallest absolute Gasteiger partial charge is 0.387 e. The number of amides is 2. The van der Waals surface area contributed by atoms with Crippen molar-refractivity contribution in [2.75, 3.05) is 21.2 Å². The van der Waals surface area contributed by atoms with E-state index in [4.69, 9.17) is 4.74 Å². The number of ether oxygens (including phenoxy) is 2. The van der Waals surface area contributed by atoms with Crippen molar-refractivity contribution in [2.45, 2.75) is 33.4 Å². The van der Waals surface area contributed by atoms with Crippen molar-refractivity contribution >= 4 is 12.0 Å². The maximum atomic E-state index is 12.6. The van der Waals surface area contributed by atoms with Crippen LogP contribution in [0.5, 0.6) is 5.75 Å². The van der Waals surface area contributed by atoms with Crippen molar-refractivity contribution in [3.05, 3.63) is 40.1 Å². The summed E-state index contributed by atoms with van der Waals surface area (Å²) in [6, 6.07) is 2.30. The van der Waals surface area contributed by atoms with E-state index in [9.17, 15) is 18.4 Å². The van der Waals surface area contributed by atoms with E-state index in [-0.39, 0.29) is 11.8 Å². The molecule has 1 aromatic rings. The van der Waals surface area contributed by atoms with Gasteiger partial charge in [0.15, 0.2) is 0 Å². The van der Waals surface area contributed by atoms with Crippen LogP contribution in [0, 0.1) is 13.8 Å². The third-order valence-corrected chi connectivity index (χ3v) is 4.55. The lowest BCUT2D eigenvalue weighted by Crippen LogP contribution is -2.47.